The summed E-state index contributed by atoms with van der Waals surface area (Å²) >= 11 is 0. The molecule has 0 spiro atoms. The maximum Gasteiger partial charge on any atom is 0.340 e. The van der Waals surface area contributed by atoms with Gasteiger partial charge < -0.3 is 15.0 Å². The van der Waals surface area contributed by atoms with Crippen LogP contribution in [0.3, 0.4) is 0 Å². The Balaban J connectivity index is 2.14. The molecule has 0 unspecified atom stereocenters. The Labute approximate surface area is 146 Å². The summed E-state index contributed by atoms with van der Waals surface area (Å²) < 4.78 is 4.96. The number of ether oxygens (including phenoxy) is 1. The molecule has 0 aliphatic rings. The molecular weight excluding hydrogens is 320 g/mol. The monoisotopic (exact) mass is 340 g/mol. The summed E-state index contributed by atoms with van der Waals surface area (Å²) in [5.41, 5.74) is 2.34. The first-order valence-corrected chi connectivity index (χ1v) is 7.67. The minimum absolute atomic E-state index is 0.250. The zero-order chi connectivity index (χ0) is 18.2. The summed E-state index contributed by atoms with van der Waals surface area (Å²) in [6, 6.07) is 14.2. The van der Waals surface area contributed by atoms with Gasteiger partial charge in [0.15, 0.2) is 6.61 Å². The molecule has 0 bridgehead atoms. The Hall–Kier alpha value is -3.22. The second kappa shape index (κ2) is 8.58. The van der Waals surface area contributed by atoms with Crippen molar-refractivity contribution in [2.45, 2.75) is 0 Å². The molecule has 0 fully saturated rings. The number of anilines is 1. The van der Waals surface area contributed by atoms with Crippen molar-refractivity contribution in [2.24, 2.45) is 10.2 Å². The van der Waals surface area contributed by atoms with E-state index in [-0.39, 0.29) is 18.1 Å². The molecular formula is C18H20N4O3. The highest BCUT2D eigenvalue weighted by atomic mass is 16.5. The number of hydrogen-bond donors (Lipinski definition) is 1. The van der Waals surface area contributed by atoms with Gasteiger partial charge in [-0.25, -0.2) is 4.79 Å². The number of azo groups is 1. The molecule has 2 aromatic carbocycles. The number of carbonyl (C=O) groups is 2. The number of likely N-dealkylation sites (N-methyl/N-ethyl adjacent to an activating group) is 1. The van der Waals surface area contributed by atoms with E-state index in [0.29, 0.717) is 11.4 Å². The zero-order valence-electron chi connectivity index (χ0n) is 14.4. The van der Waals surface area contributed by atoms with E-state index in [2.05, 4.69) is 15.5 Å². The molecule has 7 nitrogen and oxygen atoms in total. The highest BCUT2D eigenvalue weighted by Gasteiger charge is 2.13. The van der Waals surface area contributed by atoms with Gasteiger partial charge >= 0.3 is 5.97 Å². The minimum atomic E-state index is -0.624. The summed E-state index contributed by atoms with van der Waals surface area (Å²) in [5, 5.41) is 10.7. The van der Waals surface area contributed by atoms with Gasteiger partial charge in [-0.1, -0.05) is 12.1 Å². The maximum absolute atomic E-state index is 12.1. The molecule has 0 saturated carbocycles. The van der Waals surface area contributed by atoms with Gasteiger partial charge in [0.1, 0.15) is 5.69 Å². The maximum atomic E-state index is 12.1. The molecule has 7 heteroatoms. The first-order valence-electron chi connectivity index (χ1n) is 7.67. The fraction of sp³-hybridized carbons (Fsp3) is 0.222. The van der Waals surface area contributed by atoms with E-state index in [1.165, 1.54) is 7.05 Å². The lowest BCUT2D eigenvalue weighted by Crippen LogP contribution is -2.25. The predicted molar refractivity (Wildman–Crippen MR) is 95.7 cm³/mol. The second-order valence-electron chi connectivity index (χ2n) is 5.38. The van der Waals surface area contributed by atoms with Crippen molar-refractivity contribution in [1.82, 2.24) is 5.32 Å². The zero-order valence-corrected chi connectivity index (χ0v) is 14.4. The summed E-state index contributed by atoms with van der Waals surface area (Å²) in [5.74, 6) is -1.01. The first-order chi connectivity index (χ1) is 12.0. The molecule has 0 heterocycles. The van der Waals surface area contributed by atoms with Crippen LogP contribution in [0.5, 0.6) is 0 Å². The lowest BCUT2D eigenvalue weighted by atomic mass is 10.2. The van der Waals surface area contributed by atoms with Crippen LogP contribution >= 0.6 is 0 Å². The van der Waals surface area contributed by atoms with Crippen molar-refractivity contribution in [3.8, 4) is 0 Å². The standard InChI is InChI=1S/C18H20N4O3/c1-19-17(23)12-25-18(24)15-6-4-5-7-16(15)21-20-13-8-10-14(11-9-13)22(2)3/h4-11H,12H2,1-3H3,(H,19,23). The molecule has 0 saturated heterocycles. The molecule has 1 N–H and O–H groups in total. The number of amides is 1. The summed E-state index contributed by atoms with van der Waals surface area (Å²) in [6.07, 6.45) is 0. The van der Waals surface area contributed by atoms with Gasteiger partial charge in [-0.3, -0.25) is 4.79 Å². The lowest BCUT2D eigenvalue weighted by molar-refractivity contribution is -0.123. The van der Waals surface area contributed by atoms with Crippen LogP contribution in [-0.2, 0) is 9.53 Å². The highest BCUT2D eigenvalue weighted by Crippen LogP contribution is 2.24. The molecule has 0 aliphatic heterocycles. The molecule has 2 aromatic rings. The van der Waals surface area contributed by atoms with Crippen LogP contribution in [0.4, 0.5) is 17.1 Å². The fourth-order valence-electron chi connectivity index (χ4n) is 1.94. The van der Waals surface area contributed by atoms with E-state index in [1.54, 1.807) is 24.3 Å². The molecule has 0 aliphatic carbocycles. The predicted octanol–water partition coefficient (Wildman–Crippen LogP) is 3.07. The normalized spacial score (nSPS) is 10.5. The van der Waals surface area contributed by atoms with Crippen molar-refractivity contribution in [1.29, 1.82) is 0 Å². The molecule has 25 heavy (non-hydrogen) atoms. The third-order valence-electron chi connectivity index (χ3n) is 3.38. The molecule has 0 atom stereocenters. The van der Waals surface area contributed by atoms with E-state index < -0.39 is 5.97 Å². The molecule has 130 valence electrons. The van der Waals surface area contributed by atoms with Gasteiger partial charge in [0.05, 0.1) is 11.3 Å². The topological polar surface area (TPSA) is 83.4 Å². The molecule has 0 aromatic heterocycles. The van der Waals surface area contributed by atoms with Gasteiger partial charge in [-0.2, -0.15) is 5.11 Å². The Bertz CT molecular complexity index is 770. The van der Waals surface area contributed by atoms with E-state index in [4.69, 9.17) is 4.74 Å². The number of nitrogens with one attached hydrogen (secondary N) is 1. The Morgan fingerprint density at radius 1 is 1.04 bits per heavy atom. The van der Waals surface area contributed by atoms with Crippen molar-refractivity contribution < 1.29 is 14.3 Å². The lowest BCUT2D eigenvalue weighted by Gasteiger charge is -2.11. The summed E-state index contributed by atoms with van der Waals surface area (Å²) in [7, 11) is 5.38. The average molecular weight is 340 g/mol. The third kappa shape index (κ3) is 5.13. The molecule has 0 radical (unpaired) electrons. The van der Waals surface area contributed by atoms with Gasteiger partial charge in [0.2, 0.25) is 0 Å². The quantitative estimate of drug-likeness (QED) is 0.647. The average Bonchev–Trinajstić information content (AvgIpc) is 2.64. The SMILES string of the molecule is CNC(=O)COC(=O)c1ccccc1N=Nc1ccc(N(C)C)cc1. The molecule has 1 amide bonds. The van der Waals surface area contributed by atoms with E-state index in [9.17, 15) is 9.59 Å². The van der Waals surface area contributed by atoms with Crippen LogP contribution in [0.2, 0.25) is 0 Å². The van der Waals surface area contributed by atoms with Crippen molar-refractivity contribution >= 4 is 28.9 Å². The van der Waals surface area contributed by atoms with E-state index in [1.807, 2.05) is 43.3 Å². The van der Waals surface area contributed by atoms with Gasteiger partial charge in [-0.05, 0) is 36.4 Å². The number of nitrogens with zero attached hydrogens (tertiary/aromatic N) is 3. The number of esters is 1. The number of rotatable bonds is 6. The third-order valence-corrected chi connectivity index (χ3v) is 3.38. The minimum Gasteiger partial charge on any atom is -0.452 e. The van der Waals surface area contributed by atoms with Gasteiger partial charge in [0.25, 0.3) is 5.91 Å². The largest absolute Gasteiger partial charge is 0.452 e. The van der Waals surface area contributed by atoms with Crippen molar-refractivity contribution in [3.05, 3.63) is 54.1 Å². The number of hydrogen-bond acceptors (Lipinski definition) is 6. The fourth-order valence-corrected chi connectivity index (χ4v) is 1.94. The van der Waals surface area contributed by atoms with Crippen LogP contribution in [-0.4, -0.2) is 39.6 Å². The first kappa shape index (κ1) is 18.1. The summed E-state index contributed by atoms with van der Waals surface area (Å²) in [6.45, 7) is -0.340. The Kier molecular flexibility index (Phi) is 6.22. The van der Waals surface area contributed by atoms with Crippen LogP contribution in [0, 0.1) is 0 Å². The highest BCUT2D eigenvalue weighted by molar-refractivity contribution is 5.95. The summed E-state index contributed by atoms with van der Waals surface area (Å²) in [4.78, 5) is 25.3. The Morgan fingerprint density at radius 2 is 1.72 bits per heavy atom. The van der Waals surface area contributed by atoms with E-state index in [0.717, 1.165) is 5.69 Å². The van der Waals surface area contributed by atoms with Crippen molar-refractivity contribution in [3.63, 3.8) is 0 Å². The molecule has 2 rings (SSSR count). The van der Waals surface area contributed by atoms with Crippen molar-refractivity contribution in [2.75, 3.05) is 32.6 Å². The van der Waals surface area contributed by atoms with Crippen LogP contribution in [0.1, 0.15) is 10.4 Å². The van der Waals surface area contributed by atoms with Crippen LogP contribution < -0.4 is 10.2 Å². The second-order valence-corrected chi connectivity index (χ2v) is 5.38. The van der Waals surface area contributed by atoms with E-state index >= 15 is 0 Å². The smallest absolute Gasteiger partial charge is 0.340 e. The van der Waals surface area contributed by atoms with Crippen LogP contribution in [0.15, 0.2) is 58.8 Å². The van der Waals surface area contributed by atoms with Crippen LogP contribution in [0.25, 0.3) is 0 Å². The Morgan fingerprint density at radius 3 is 2.36 bits per heavy atom. The van der Waals surface area contributed by atoms with Gasteiger partial charge in [-0.15, -0.1) is 5.11 Å². The number of carbonyl (C=O) groups excluding carboxylic acids is 2. The van der Waals surface area contributed by atoms with Gasteiger partial charge in [0, 0.05) is 26.8 Å². The number of benzene rings is 2.